The van der Waals surface area contributed by atoms with E-state index in [1.54, 1.807) is 0 Å². The fourth-order valence-electron chi connectivity index (χ4n) is 4.48. The topological polar surface area (TPSA) is 21.3 Å². The average Bonchev–Trinajstić information content (AvgIpc) is 3.06. The highest BCUT2D eigenvalue weighted by Crippen LogP contribution is 2.44. The molecule has 3 aliphatic rings. The van der Waals surface area contributed by atoms with Crippen molar-refractivity contribution in [1.29, 1.82) is 0 Å². The van der Waals surface area contributed by atoms with Gasteiger partial charge in [0.1, 0.15) is 0 Å². The van der Waals surface area contributed by atoms with Gasteiger partial charge in [-0.2, -0.15) is 0 Å². The molecule has 2 aliphatic heterocycles. The van der Waals surface area contributed by atoms with Crippen molar-refractivity contribution in [2.75, 3.05) is 0 Å². The molecule has 0 amide bonds. The van der Waals surface area contributed by atoms with Crippen molar-refractivity contribution in [3.05, 3.63) is 35.4 Å². The summed E-state index contributed by atoms with van der Waals surface area (Å²) in [6, 6.07) is 9.35. The molecular formula is C18H25NO. The van der Waals surface area contributed by atoms with Crippen molar-refractivity contribution >= 4 is 0 Å². The van der Waals surface area contributed by atoms with E-state index in [1.807, 2.05) is 0 Å². The standard InChI is InChI=1S/C18H25NO/c1-4-9-18(10-5-1)11-8-15(20-18)12-17-16-7-3-2-6-14(16)13-19-17/h2-3,6-7,15,17,19H,1,4-5,8-13H2. The zero-order valence-corrected chi connectivity index (χ0v) is 12.2. The number of rotatable bonds is 2. The normalized spacial score (nSPS) is 31.6. The van der Waals surface area contributed by atoms with Crippen molar-refractivity contribution in [3.63, 3.8) is 0 Å². The summed E-state index contributed by atoms with van der Waals surface area (Å²) in [5.74, 6) is 0. The molecule has 2 heterocycles. The van der Waals surface area contributed by atoms with E-state index >= 15 is 0 Å². The van der Waals surface area contributed by atoms with Gasteiger partial charge in [0.15, 0.2) is 0 Å². The van der Waals surface area contributed by atoms with Crippen LogP contribution in [-0.4, -0.2) is 11.7 Å². The summed E-state index contributed by atoms with van der Waals surface area (Å²) in [5.41, 5.74) is 3.24. The van der Waals surface area contributed by atoms with E-state index in [0.29, 0.717) is 12.1 Å². The first-order valence-corrected chi connectivity index (χ1v) is 8.34. The van der Waals surface area contributed by atoms with E-state index in [2.05, 4.69) is 29.6 Å². The van der Waals surface area contributed by atoms with Gasteiger partial charge >= 0.3 is 0 Å². The molecule has 1 saturated heterocycles. The van der Waals surface area contributed by atoms with Gasteiger partial charge < -0.3 is 10.1 Å². The Morgan fingerprint density at radius 2 is 1.95 bits per heavy atom. The Kier molecular flexibility index (Phi) is 3.31. The largest absolute Gasteiger partial charge is 0.372 e. The summed E-state index contributed by atoms with van der Waals surface area (Å²) < 4.78 is 6.53. The third kappa shape index (κ3) is 2.29. The minimum Gasteiger partial charge on any atom is -0.372 e. The Labute approximate surface area is 121 Å². The number of hydrogen-bond donors (Lipinski definition) is 1. The average molecular weight is 271 g/mol. The molecule has 2 atom stereocenters. The molecule has 2 unspecified atom stereocenters. The quantitative estimate of drug-likeness (QED) is 0.874. The highest BCUT2D eigenvalue weighted by atomic mass is 16.5. The van der Waals surface area contributed by atoms with Gasteiger partial charge in [-0.1, -0.05) is 43.5 Å². The molecule has 20 heavy (non-hydrogen) atoms. The Balaban J connectivity index is 1.41. The third-order valence-corrected chi connectivity index (χ3v) is 5.57. The fourth-order valence-corrected chi connectivity index (χ4v) is 4.48. The highest BCUT2D eigenvalue weighted by Gasteiger charge is 2.41. The van der Waals surface area contributed by atoms with Crippen LogP contribution in [0, 0.1) is 0 Å². The van der Waals surface area contributed by atoms with E-state index in [1.165, 1.54) is 56.1 Å². The zero-order chi connectivity index (χ0) is 13.4. The van der Waals surface area contributed by atoms with Gasteiger partial charge in [-0.25, -0.2) is 0 Å². The molecular weight excluding hydrogens is 246 g/mol. The van der Waals surface area contributed by atoms with Crippen LogP contribution in [0.15, 0.2) is 24.3 Å². The van der Waals surface area contributed by atoms with Crippen molar-refractivity contribution < 1.29 is 4.74 Å². The van der Waals surface area contributed by atoms with Crippen molar-refractivity contribution in [3.8, 4) is 0 Å². The first-order chi connectivity index (χ1) is 9.85. The predicted molar refractivity (Wildman–Crippen MR) is 80.6 cm³/mol. The maximum Gasteiger partial charge on any atom is 0.0687 e. The van der Waals surface area contributed by atoms with Crippen molar-refractivity contribution in [2.45, 2.75) is 75.7 Å². The van der Waals surface area contributed by atoms with Gasteiger partial charge in [-0.3, -0.25) is 0 Å². The molecule has 1 spiro atoms. The van der Waals surface area contributed by atoms with Crippen LogP contribution in [0.1, 0.15) is 68.5 Å². The molecule has 0 radical (unpaired) electrons. The number of ether oxygens (including phenoxy) is 1. The maximum atomic E-state index is 6.53. The van der Waals surface area contributed by atoms with Crippen molar-refractivity contribution in [2.24, 2.45) is 0 Å². The summed E-state index contributed by atoms with van der Waals surface area (Å²) in [4.78, 5) is 0. The summed E-state index contributed by atoms with van der Waals surface area (Å²) in [5, 5.41) is 3.66. The van der Waals surface area contributed by atoms with E-state index in [9.17, 15) is 0 Å². The van der Waals surface area contributed by atoms with Crippen LogP contribution in [0.5, 0.6) is 0 Å². The number of fused-ring (bicyclic) bond motifs is 1. The number of hydrogen-bond acceptors (Lipinski definition) is 2. The summed E-state index contributed by atoms with van der Waals surface area (Å²) in [7, 11) is 0. The minimum absolute atomic E-state index is 0.265. The molecule has 1 saturated carbocycles. The highest BCUT2D eigenvalue weighted by molar-refractivity contribution is 5.33. The third-order valence-electron chi connectivity index (χ3n) is 5.57. The second kappa shape index (κ2) is 5.16. The van der Waals surface area contributed by atoms with Gasteiger partial charge in [-0.05, 0) is 43.2 Å². The smallest absolute Gasteiger partial charge is 0.0687 e. The second-order valence-electron chi connectivity index (χ2n) is 6.89. The molecule has 1 aromatic carbocycles. The second-order valence-corrected chi connectivity index (χ2v) is 6.89. The molecule has 1 N–H and O–H groups in total. The minimum atomic E-state index is 0.265. The summed E-state index contributed by atoms with van der Waals surface area (Å²) in [6.07, 6.45) is 10.9. The molecule has 2 fully saturated rings. The molecule has 108 valence electrons. The number of benzene rings is 1. The van der Waals surface area contributed by atoms with Crippen LogP contribution in [-0.2, 0) is 11.3 Å². The SMILES string of the molecule is c1ccc2c(c1)CNC2CC1CCC2(CCCCC2)O1. The van der Waals surface area contributed by atoms with Gasteiger partial charge in [0.2, 0.25) is 0 Å². The lowest BCUT2D eigenvalue weighted by Gasteiger charge is -2.33. The maximum absolute atomic E-state index is 6.53. The van der Waals surface area contributed by atoms with E-state index in [0.717, 1.165) is 13.0 Å². The van der Waals surface area contributed by atoms with Gasteiger partial charge in [0.05, 0.1) is 11.7 Å². The first kappa shape index (κ1) is 12.8. The Hall–Kier alpha value is -0.860. The lowest BCUT2D eigenvalue weighted by Crippen LogP contribution is -2.32. The summed E-state index contributed by atoms with van der Waals surface area (Å²) in [6.45, 7) is 1.03. The molecule has 4 rings (SSSR count). The van der Waals surface area contributed by atoms with Crippen LogP contribution in [0.3, 0.4) is 0 Å². The zero-order valence-electron chi connectivity index (χ0n) is 12.2. The number of nitrogens with one attached hydrogen (secondary N) is 1. The van der Waals surface area contributed by atoms with E-state index in [-0.39, 0.29) is 5.60 Å². The molecule has 1 aromatic rings. The Morgan fingerprint density at radius 1 is 1.10 bits per heavy atom. The van der Waals surface area contributed by atoms with Crippen LogP contribution >= 0.6 is 0 Å². The van der Waals surface area contributed by atoms with Gasteiger partial charge in [-0.15, -0.1) is 0 Å². The lowest BCUT2D eigenvalue weighted by atomic mass is 9.83. The van der Waals surface area contributed by atoms with Gasteiger partial charge in [0, 0.05) is 12.6 Å². The Morgan fingerprint density at radius 3 is 2.85 bits per heavy atom. The predicted octanol–water partition coefficient (Wildman–Crippen LogP) is 4.10. The Bertz CT molecular complexity index is 478. The van der Waals surface area contributed by atoms with Crippen molar-refractivity contribution in [1.82, 2.24) is 5.32 Å². The van der Waals surface area contributed by atoms with Crippen LogP contribution in [0.2, 0.25) is 0 Å². The van der Waals surface area contributed by atoms with Crippen LogP contribution in [0.25, 0.3) is 0 Å². The van der Waals surface area contributed by atoms with E-state index < -0.39 is 0 Å². The first-order valence-electron chi connectivity index (χ1n) is 8.34. The molecule has 0 aromatic heterocycles. The summed E-state index contributed by atoms with van der Waals surface area (Å²) >= 11 is 0. The van der Waals surface area contributed by atoms with Crippen LogP contribution in [0.4, 0.5) is 0 Å². The molecule has 0 bridgehead atoms. The molecule has 2 heteroatoms. The van der Waals surface area contributed by atoms with E-state index in [4.69, 9.17) is 4.74 Å². The monoisotopic (exact) mass is 271 g/mol. The fraction of sp³-hybridized carbons (Fsp3) is 0.667. The lowest BCUT2D eigenvalue weighted by molar-refractivity contribution is -0.0679. The molecule has 2 nitrogen and oxygen atoms in total. The molecule has 1 aliphatic carbocycles. The van der Waals surface area contributed by atoms with Gasteiger partial charge in [0.25, 0.3) is 0 Å². The van der Waals surface area contributed by atoms with Crippen LogP contribution < -0.4 is 5.32 Å².